The number of rotatable bonds is 0. The zero-order chi connectivity index (χ0) is 6.69. The molecule has 0 aromatic rings. The van der Waals surface area contributed by atoms with Crippen molar-refractivity contribution in [1.82, 2.24) is 0 Å². The van der Waals surface area contributed by atoms with Crippen molar-refractivity contribution in [1.29, 1.82) is 0 Å². The van der Waals surface area contributed by atoms with Gasteiger partial charge in [0.15, 0.2) is 6.29 Å². The quantitative estimate of drug-likeness (QED) is 0.480. The zero-order valence-electron chi connectivity index (χ0n) is 5.42. The van der Waals surface area contributed by atoms with Crippen LogP contribution >= 0.6 is 0 Å². The lowest BCUT2D eigenvalue weighted by molar-refractivity contribution is -0.105. The van der Waals surface area contributed by atoms with Gasteiger partial charge in [-0.3, -0.25) is 0 Å². The second-order valence-corrected chi connectivity index (χ2v) is 2.42. The first-order chi connectivity index (χ1) is 4.30. The van der Waals surface area contributed by atoms with Crippen LogP contribution in [0.15, 0.2) is 0 Å². The zero-order valence-corrected chi connectivity index (χ0v) is 5.42. The predicted octanol–water partition coefficient (Wildman–Crippen LogP) is -0.167. The van der Waals surface area contributed by atoms with Crippen molar-refractivity contribution in [3.63, 3.8) is 0 Å². The summed E-state index contributed by atoms with van der Waals surface area (Å²) in [5.74, 6) is 0. The molecule has 0 amide bonds. The van der Waals surface area contributed by atoms with Crippen molar-refractivity contribution in [3.05, 3.63) is 0 Å². The largest absolute Gasteiger partial charge is 0.367 e. The van der Waals surface area contributed by atoms with E-state index in [2.05, 4.69) is 0 Å². The SMILES string of the molecule is N[C@@H]1CCCCO[C@@H]1O. The molecular weight excluding hydrogens is 118 g/mol. The molecule has 0 radical (unpaired) electrons. The van der Waals surface area contributed by atoms with Crippen LogP contribution in [0.1, 0.15) is 19.3 Å². The van der Waals surface area contributed by atoms with Crippen LogP contribution in [0.2, 0.25) is 0 Å². The van der Waals surface area contributed by atoms with Gasteiger partial charge in [-0.25, -0.2) is 0 Å². The molecule has 3 nitrogen and oxygen atoms in total. The highest BCUT2D eigenvalue weighted by molar-refractivity contribution is 4.66. The maximum absolute atomic E-state index is 9.01. The van der Waals surface area contributed by atoms with Crippen molar-refractivity contribution in [2.24, 2.45) is 5.73 Å². The van der Waals surface area contributed by atoms with Gasteiger partial charge in [-0.05, 0) is 19.3 Å². The summed E-state index contributed by atoms with van der Waals surface area (Å²) >= 11 is 0. The maximum atomic E-state index is 9.01. The van der Waals surface area contributed by atoms with E-state index in [0.29, 0.717) is 6.61 Å². The second-order valence-electron chi connectivity index (χ2n) is 2.42. The van der Waals surface area contributed by atoms with E-state index in [-0.39, 0.29) is 6.04 Å². The van der Waals surface area contributed by atoms with Crippen molar-refractivity contribution in [3.8, 4) is 0 Å². The fourth-order valence-electron chi connectivity index (χ4n) is 0.952. The summed E-state index contributed by atoms with van der Waals surface area (Å²) in [5, 5.41) is 9.01. The third-order valence-corrected chi connectivity index (χ3v) is 1.59. The molecule has 0 unspecified atom stereocenters. The first-order valence-electron chi connectivity index (χ1n) is 3.36. The molecule has 0 aliphatic carbocycles. The molecule has 1 rings (SSSR count). The Hall–Kier alpha value is -0.120. The van der Waals surface area contributed by atoms with Crippen molar-refractivity contribution >= 4 is 0 Å². The van der Waals surface area contributed by atoms with Gasteiger partial charge in [0.05, 0.1) is 6.04 Å². The van der Waals surface area contributed by atoms with E-state index < -0.39 is 6.29 Å². The smallest absolute Gasteiger partial charge is 0.169 e. The average molecular weight is 131 g/mol. The van der Waals surface area contributed by atoms with Gasteiger partial charge >= 0.3 is 0 Å². The van der Waals surface area contributed by atoms with Crippen LogP contribution in [0.3, 0.4) is 0 Å². The van der Waals surface area contributed by atoms with Gasteiger partial charge in [0.2, 0.25) is 0 Å². The summed E-state index contributed by atoms with van der Waals surface area (Å²) < 4.78 is 4.95. The Morgan fingerprint density at radius 3 is 3.00 bits per heavy atom. The molecule has 0 aromatic carbocycles. The van der Waals surface area contributed by atoms with Crippen LogP contribution in [0, 0.1) is 0 Å². The highest BCUT2D eigenvalue weighted by Crippen LogP contribution is 2.09. The highest BCUT2D eigenvalue weighted by Gasteiger charge is 2.17. The summed E-state index contributed by atoms with van der Waals surface area (Å²) in [7, 11) is 0. The van der Waals surface area contributed by atoms with E-state index >= 15 is 0 Å². The fraction of sp³-hybridized carbons (Fsp3) is 1.00. The van der Waals surface area contributed by atoms with Gasteiger partial charge in [-0.2, -0.15) is 0 Å². The molecular formula is C6H13NO2. The molecule has 1 aliphatic rings. The Labute approximate surface area is 54.8 Å². The number of hydrogen-bond acceptors (Lipinski definition) is 3. The molecule has 1 fully saturated rings. The van der Waals surface area contributed by atoms with Crippen molar-refractivity contribution in [2.45, 2.75) is 31.6 Å². The van der Waals surface area contributed by atoms with Gasteiger partial charge < -0.3 is 15.6 Å². The van der Waals surface area contributed by atoms with E-state index in [1.807, 2.05) is 0 Å². The summed E-state index contributed by atoms with van der Waals surface area (Å²) in [6.45, 7) is 0.648. The molecule has 1 heterocycles. The van der Waals surface area contributed by atoms with Gasteiger partial charge in [0.25, 0.3) is 0 Å². The Bertz CT molecular complexity index is 77.1. The Morgan fingerprint density at radius 2 is 2.22 bits per heavy atom. The summed E-state index contributed by atoms with van der Waals surface area (Å²) in [4.78, 5) is 0. The first-order valence-corrected chi connectivity index (χ1v) is 3.36. The molecule has 0 aromatic heterocycles. The number of ether oxygens (including phenoxy) is 1. The van der Waals surface area contributed by atoms with E-state index in [4.69, 9.17) is 15.6 Å². The molecule has 1 saturated heterocycles. The normalized spacial score (nSPS) is 38.0. The number of aliphatic hydroxyl groups is 1. The lowest BCUT2D eigenvalue weighted by atomic mass is 10.1. The molecule has 3 heteroatoms. The number of aliphatic hydroxyl groups excluding tert-OH is 1. The fourth-order valence-corrected chi connectivity index (χ4v) is 0.952. The number of hydrogen-bond donors (Lipinski definition) is 2. The minimum atomic E-state index is -0.729. The molecule has 54 valence electrons. The molecule has 0 saturated carbocycles. The second kappa shape index (κ2) is 3.15. The maximum Gasteiger partial charge on any atom is 0.169 e. The number of nitrogens with two attached hydrogens (primary N) is 1. The third-order valence-electron chi connectivity index (χ3n) is 1.59. The van der Waals surface area contributed by atoms with Gasteiger partial charge in [0, 0.05) is 6.61 Å². The average Bonchev–Trinajstić information content (AvgIpc) is 1.99. The highest BCUT2D eigenvalue weighted by atomic mass is 16.6. The van der Waals surface area contributed by atoms with Gasteiger partial charge in [-0.15, -0.1) is 0 Å². The van der Waals surface area contributed by atoms with Gasteiger partial charge in [0.1, 0.15) is 0 Å². The Morgan fingerprint density at radius 1 is 1.44 bits per heavy atom. The first kappa shape index (κ1) is 6.99. The predicted molar refractivity (Wildman–Crippen MR) is 33.8 cm³/mol. The van der Waals surface area contributed by atoms with Crippen LogP contribution < -0.4 is 5.73 Å². The summed E-state index contributed by atoms with van der Waals surface area (Å²) in [6, 6.07) is -0.174. The summed E-state index contributed by atoms with van der Waals surface area (Å²) in [5.41, 5.74) is 5.50. The lowest BCUT2D eigenvalue weighted by Crippen LogP contribution is -2.34. The molecule has 0 bridgehead atoms. The molecule has 0 spiro atoms. The minimum absolute atomic E-state index is 0.174. The standard InChI is InChI=1S/C6H13NO2/c7-5-3-1-2-4-9-6(5)8/h5-6,8H,1-4,7H2/t5-,6+/m1/s1. The van der Waals surface area contributed by atoms with Crippen LogP contribution in [-0.2, 0) is 4.74 Å². The lowest BCUT2D eigenvalue weighted by Gasteiger charge is -2.13. The van der Waals surface area contributed by atoms with E-state index in [0.717, 1.165) is 19.3 Å². The van der Waals surface area contributed by atoms with Crippen LogP contribution in [0.4, 0.5) is 0 Å². The van der Waals surface area contributed by atoms with Crippen LogP contribution in [-0.4, -0.2) is 24.0 Å². The van der Waals surface area contributed by atoms with Crippen LogP contribution in [0.5, 0.6) is 0 Å². The molecule has 9 heavy (non-hydrogen) atoms. The molecule has 1 aliphatic heterocycles. The molecule has 2 atom stereocenters. The Kier molecular flexibility index (Phi) is 2.45. The Balaban J connectivity index is 2.32. The van der Waals surface area contributed by atoms with Crippen molar-refractivity contribution < 1.29 is 9.84 Å². The third kappa shape index (κ3) is 1.93. The van der Waals surface area contributed by atoms with Crippen LogP contribution in [0.25, 0.3) is 0 Å². The topological polar surface area (TPSA) is 55.5 Å². The summed E-state index contributed by atoms with van der Waals surface area (Å²) in [6.07, 6.45) is 2.23. The van der Waals surface area contributed by atoms with E-state index in [9.17, 15) is 0 Å². The van der Waals surface area contributed by atoms with Crippen molar-refractivity contribution in [2.75, 3.05) is 6.61 Å². The van der Waals surface area contributed by atoms with E-state index in [1.165, 1.54) is 0 Å². The van der Waals surface area contributed by atoms with Gasteiger partial charge in [-0.1, -0.05) is 0 Å². The molecule has 3 N–H and O–H groups in total. The van der Waals surface area contributed by atoms with E-state index in [1.54, 1.807) is 0 Å². The minimum Gasteiger partial charge on any atom is -0.367 e. The monoisotopic (exact) mass is 131 g/mol.